The normalized spacial score (nSPS) is 16.0. The second-order valence-corrected chi connectivity index (χ2v) is 10.1. The topological polar surface area (TPSA) is 44.8 Å². The summed E-state index contributed by atoms with van der Waals surface area (Å²) in [6, 6.07) is 7.13. The summed E-state index contributed by atoms with van der Waals surface area (Å²) >= 11 is 0. The Morgan fingerprint density at radius 1 is 0.926 bits per heavy atom. The Kier molecular flexibility index (Phi) is 7.52. The number of carbonyl (C=O) groups excluding carboxylic acids is 1. The fourth-order valence-electron chi connectivity index (χ4n) is 3.10. The molecular weight excluding hydrogens is 340 g/mol. The molecule has 0 heterocycles. The maximum Gasteiger partial charge on any atom is 0.317 e. The monoisotopic (exact) mass is 378 g/mol. The Labute approximate surface area is 165 Å². The fraction of sp³-hybridized carbons (Fsp3) is 0.696. The summed E-state index contributed by atoms with van der Waals surface area (Å²) in [6.07, 6.45) is 0.433. The standard InChI is InChI=1S/C23H38O4/c1-16(2)19(25-10)26-17-11-13-18(14-12-17)27-20(24)23(9,22(6,7)8)15-21(3,4)5/h11-14,16,19H,15H2,1-10H3. The SMILES string of the molecule is COC(Oc1ccc(OC(=O)C(C)(CC(C)(C)C)C(C)(C)C)cc1)C(C)C. The van der Waals surface area contributed by atoms with Gasteiger partial charge < -0.3 is 14.2 Å². The van der Waals surface area contributed by atoms with Crippen LogP contribution in [0.25, 0.3) is 0 Å². The molecule has 0 bridgehead atoms. The van der Waals surface area contributed by atoms with Crippen LogP contribution < -0.4 is 9.47 Å². The molecule has 1 aromatic rings. The second kappa shape index (κ2) is 8.64. The molecule has 0 aliphatic rings. The van der Waals surface area contributed by atoms with E-state index in [1.807, 2.05) is 20.8 Å². The number of esters is 1. The van der Waals surface area contributed by atoms with Crippen LogP contribution in [0.15, 0.2) is 24.3 Å². The average molecular weight is 379 g/mol. The first-order chi connectivity index (χ1) is 12.2. The van der Waals surface area contributed by atoms with Gasteiger partial charge in [-0.15, -0.1) is 0 Å². The highest BCUT2D eigenvalue weighted by Gasteiger charge is 2.47. The highest BCUT2D eigenvalue weighted by molar-refractivity contribution is 5.79. The largest absolute Gasteiger partial charge is 0.465 e. The molecule has 1 rings (SSSR count). The summed E-state index contributed by atoms with van der Waals surface area (Å²) in [5, 5.41) is 0. The van der Waals surface area contributed by atoms with E-state index < -0.39 is 5.41 Å². The zero-order valence-electron chi connectivity index (χ0n) is 18.8. The molecular formula is C23H38O4. The summed E-state index contributed by atoms with van der Waals surface area (Å²) < 4.78 is 16.9. The third-order valence-corrected chi connectivity index (χ3v) is 5.05. The molecule has 2 unspecified atom stereocenters. The number of methoxy groups -OCH3 is 1. The van der Waals surface area contributed by atoms with E-state index in [0.717, 1.165) is 6.42 Å². The first-order valence-electron chi connectivity index (χ1n) is 9.71. The third kappa shape index (κ3) is 6.53. The first kappa shape index (κ1) is 23.5. The summed E-state index contributed by atoms with van der Waals surface area (Å²) in [5.41, 5.74) is -0.798. The summed E-state index contributed by atoms with van der Waals surface area (Å²) in [6.45, 7) is 18.8. The Morgan fingerprint density at radius 2 is 1.41 bits per heavy atom. The molecule has 0 fully saturated rings. The summed E-state index contributed by atoms with van der Waals surface area (Å²) in [4.78, 5) is 13.1. The van der Waals surface area contributed by atoms with Crippen molar-refractivity contribution in [2.75, 3.05) is 7.11 Å². The third-order valence-electron chi connectivity index (χ3n) is 5.05. The molecule has 0 aromatic heterocycles. The van der Waals surface area contributed by atoms with Crippen molar-refractivity contribution in [2.45, 2.75) is 75.0 Å². The zero-order valence-corrected chi connectivity index (χ0v) is 18.8. The van der Waals surface area contributed by atoms with Crippen LogP contribution in [-0.4, -0.2) is 19.4 Å². The van der Waals surface area contributed by atoms with Gasteiger partial charge in [0.15, 0.2) is 0 Å². The summed E-state index contributed by atoms with van der Waals surface area (Å²) in [5.74, 6) is 1.24. The van der Waals surface area contributed by atoms with Crippen molar-refractivity contribution < 1.29 is 19.0 Å². The molecule has 0 saturated carbocycles. The van der Waals surface area contributed by atoms with Crippen LogP contribution in [0.3, 0.4) is 0 Å². The highest BCUT2D eigenvalue weighted by Crippen LogP contribution is 2.47. The van der Waals surface area contributed by atoms with E-state index in [9.17, 15) is 4.79 Å². The van der Waals surface area contributed by atoms with Crippen LogP contribution >= 0.6 is 0 Å². The van der Waals surface area contributed by atoms with Gasteiger partial charge in [-0.3, -0.25) is 4.79 Å². The van der Waals surface area contributed by atoms with E-state index in [2.05, 4.69) is 41.5 Å². The van der Waals surface area contributed by atoms with Crippen molar-refractivity contribution in [1.82, 2.24) is 0 Å². The molecule has 4 heteroatoms. The van der Waals surface area contributed by atoms with Crippen molar-refractivity contribution in [2.24, 2.45) is 22.2 Å². The van der Waals surface area contributed by atoms with Gasteiger partial charge >= 0.3 is 5.97 Å². The Bertz CT molecular complexity index is 605. The maximum atomic E-state index is 13.1. The number of hydrogen-bond acceptors (Lipinski definition) is 4. The van der Waals surface area contributed by atoms with Crippen LogP contribution in [-0.2, 0) is 9.53 Å². The van der Waals surface area contributed by atoms with Crippen LogP contribution in [0.2, 0.25) is 0 Å². The van der Waals surface area contributed by atoms with Gasteiger partial charge in [0.2, 0.25) is 6.29 Å². The molecule has 0 radical (unpaired) electrons. The molecule has 2 atom stereocenters. The smallest absolute Gasteiger partial charge is 0.317 e. The van der Waals surface area contributed by atoms with Crippen LogP contribution in [0, 0.1) is 22.2 Å². The quantitative estimate of drug-likeness (QED) is 0.327. The van der Waals surface area contributed by atoms with Crippen LogP contribution in [0.4, 0.5) is 0 Å². The lowest BCUT2D eigenvalue weighted by Gasteiger charge is -2.43. The fourth-order valence-corrected chi connectivity index (χ4v) is 3.10. The molecule has 0 amide bonds. The van der Waals surface area contributed by atoms with Gasteiger partial charge in [-0.25, -0.2) is 0 Å². The number of carbonyl (C=O) groups is 1. The second-order valence-electron chi connectivity index (χ2n) is 10.1. The minimum absolute atomic E-state index is 0.0186. The van der Waals surface area contributed by atoms with Gasteiger partial charge in [0.1, 0.15) is 11.5 Å². The number of rotatable bonds is 7. The lowest BCUT2D eigenvalue weighted by Crippen LogP contribution is -2.45. The molecule has 0 aliphatic carbocycles. The van der Waals surface area contributed by atoms with Crippen LogP contribution in [0.1, 0.15) is 68.7 Å². The molecule has 1 aromatic carbocycles. The molecule has 0 spiro atoms. The van der Waals surface area contributed by atoms with Crippen molar-refractivity contribution in [3.63, 3.8) is 0 Å². The van der Waals surface area contributed by atoms with Gasteiger partial charge in [-0.1, -0.05) is 55.4 Å². The lowest BCUT2D eigenvalue weighted by atomic mass is 9.61. The van der Waals surface area contributed by atoms with Gasteiger partial charge in [-0.05, 0) is 48.4 Å². The minimum Gasteiger partial charge on any atom is -0.465 e. The van der Waals surface area contributed by atoms with Gasteiger partial charge in [0.05, 0.1) is 5.41 Å². The van der Waals surface area contributed by atoms with Crippen LogP contribution in [0.5, 0.6) is 11.5 Å². The number of ether oxygens (including phenoxy) is 3. The van der Waals surface area contributed by atoms with E-state index in [-0.39, 0.29) is 29.0 Å². The number of benzene rings is 1. The lowest BCUT2D eigenvalue weighted by molar-refractivity contribution is -0.154. The molecule has 0 saturated heterocycles. The zero-order chi connectivity index (χ0) is 21.0. The van der Waals surface area contributed by atoms with Crippen molar-refractivity contribution >= 4 is 5.97 Å². The summed E-state index contributed by atoms with van der Waals surface area (Å²) in [7, 11) is 1.63. The van der Waals surface area contributed by atoms with Crippen molar-refractivity contribution in [1.29, 1.82) is 0 Å². The van der Waals surface area contributed by atoms with E-state index in [1.165, 1.54) is 0 Å². The van der Waals surface area contributed by atoms with E-state index in [4.69, 9.17) is 14.2 Å². The molecule has 0 aliphatic heterocycles. The van der Waals surface area contributed by atoms with Gasteiger partial charge in [0.25, 0.3) is 0 Å². The Balaban J connectivity index is 2.94. The molecule has 154 valence electrons. The predicted molar refractivity (Wildman–Crippen MR) is 110 cm³/mol. The predicted octanol–water partition coefficient (Wildman–Crippen LogP) is 6.09. The Hall–Kier alpha value is -1.55. The Morgan fingerprint density at radius 3 is 1.78 bits per heavy atom. The highest BCUT2D eigenvalue weighted by atomic mass is 16.7. The average Bonchev–Trinajstić information content (AvgIpc) is 2.50. The van der Waals surface area contributed by atoms with E-state index >= 15 is 0 Å². The van der Waals surface area contributed by atoms with E-state index in [1.54, 1.807) is 31.4 Å². The van der Waals surface area contributed by atoms with E-state index in [0.29, 0.717) is 11.5 Å². The van der Waals surface area contributed by atoms with Crippen molar-refractivity contribution in [3.8, 4) is 11.5 Å². The molecule has 27 heavy (non-hydrogen) atoms. The molecule has 0 N–H and O–H groups in total. The van der Waals surface area contributed by atoms with Gasteiger partial charge in [0, 0.05) is 13.0 Å². The number of hydrogen-bond donors (Lipinski definition) is 0. The van der Waals surface area contributed by atoms with Gasteiger partial charge in [-0.2, -0.15) is 0 Å². The maximum absolute atomic E-state index is 13.1. The molecule has 4 nitrogen and oxygen atoms in total. The minimum atomic E-state index is -0.598. The first-order valence-corrected chi connectivity index (χ1v) is 9.71. The van der Waals surface area contributed by atoms with Crippen molar-refractivity contribution in [3.05, 3.63) is 24.3 Å².